The van der Waals surface area contributed by atoms with Crippen LogP contribution in [-0.2, 0) is 37.3 Å². The molecule has 138 valence electrons. The van der Waals surface area contributed by atoms with Gasteiger partial charge in [0.15, 0.2) is 5.82 Å². The molecule has 0 bridgehead atoms. The number of pyridine rings is 1. The number of hydrogen-bond donors (Lipinski definition) is 0. The predicted molar refractivity (Wildman–Crippen MR) is 97.1 cm³/mol. The van der Waals surface area contributed by atoms with Crippen molar-refractivity contribution in [3.63, 3.8) is 0 Å². The highest BCUT2D eigenvalue weighted by Gasteiger charge is 2.25. The molecule has 1 aliphatic heterocycles. The summed E-state index contributed by atoms with van der Waals surface area (Å²) < 4.78 is 2.97. The van der Waals surface area contributed by atoms with Gasteiger partial charge in [-0.3, -0.25) is 14.3 Å². The number of likely N-dealkylation sites (N-methyl/N-ethyl adjacent to an activating group) is 1. The molecule has 3 heterocycles. The molecule has 0 fully saturated rings. The topological polar surface area (TPSA) is 76.3 Å². The van der Waals surface area contributed by atoms with E-state index in [0.29, 0.717) is 18.9 Å². The van der Waals surface area contributed by atoms with Crippen LogP contribution in [0.4, 0.5) is 5.69 Å². The van der Waals surface area contributed by atoms with Gasteiger partial charge in [0, 0.05) is 44.8 Å². The zero-order chi connectivity index (χ0) is 18.3. The lowest BCUT2D eigenvalue weighted by Crippen LogP contribution is -2.39. The number of rotatable bonds is 3. The molecule has 0 unspecified atom stereocenters. The van der Waals surface area contributed by atoms with Crippen molar-refractivity contribution in [2.45, 2.75) is 45.3 Å². The van der Waals surface area contributed by atoms with Crippen molar-refractivity contribution in [1.82, 2.24) is 24.2 Å². The molecule has 0 saturated heterocycles. The van der Waals surface area contributed by atoms with Gasteiger partial charge in [0.1, 0.15) is 6.54 Å². The molecular formula is C18H24N6O2. The largest absolute Gasteiger partial charge is 0.362 e. The molecule has 0 atom stereocenters. The molecule has 4 rings (SSSR count). The summed E-state index contributed by atoms with van der Waals surface area (Å²) in [6, 6.07) is 2.07. The number of anilines is 1. The van der Waals surface area contributed by atoms with E-state index < -0.39 is 0 Å². The van der Waals surface area contributed by atoms with Gasteiger partial charge in [-0.2, -0.15) is 5.10 Å². The van der Waals surface area contributed by atoms with Gasteiger partial charge < -0.3 is 9.80 Å². The zero-order valence-corrected chi connectivity index (χ0v) is 15.3. The SMILES string of the molecule is CN(C)C(=O)Cn1nc2n(c1=O)CCN(c1ccnc3c1CCCC3)C2. The molecule has 1 amide bonds. The van der Waals surface area contributed by atoms with E-state index >= 15 is 0 Å². The average Bonchev–Trinajstić information content (AvgIpc) is 2.96. The van der Waals surface area contributed by atoms with Gasteiger partial charge in [0.2, 0.25) is 5.91 Å². The summed E-state index contributed by atoms with van der Waals surface area (Å²) in [6.07, 6.45) is 6.39. The first-order chi connectivity index (χ1) is 12.5. The molecule has 2 aromatic heterocycles. The first-order valence-electron chi connectivity index (χ1n) is 9.13. The number of hydrogen-bond acceptors (Lipinski definition) is 5. The van der Waals surface area contributed by atoms with Crippen molar-refractivity contribution in [3.05, 3.63) is 39.8 Å². The average molecular weight is 356 g/mol. The number of fused-ring (bicyclic) bond motifs is 2. The van der Waals surface area contributed by atoms with E-state index in [1.54, 1.807) is 18.7 Å². The summed E-state index contributed by atoms with van der Waals surface area (Å²) in [7, 11) is 3.36. The molecule has 0 radical (unpaired) electrons. The highest BCUT2D eigenvalue weighted by Crippen LogP contribution is 2.30. The fraction of sp³-hybridized carbons (Fsp3) is 0.556. The Morgan fingerprint density at radius 2 is 2.04 bits per heavy atom. The summed E-state index contributed by atoms with van der Waals surface area (Å²) in [4.78, 5) is 32.7. The Kier molecular flexibility index (Phi) is 4.26. The van der Waals surface area contributed by atoms with Gasteiger partial charge in [-0.15, -0.1) is 0 Å². The van der Waals surface area contributed by atoms with Crippen molar-refractivity contribution < 1.29 is 4.79 Å². The quantitative estimate of drug-likeness (QED) is 0.797. The van der Waals surface area contributed by atoms with Crippen molar-refractivity contribution in [2.24, 2.45) is 0 Å². The van der Waals surface area contributed by atoms with Gasteiger partial charge in [-0.1, -0.05) is 0 Å². The lowest BCUT2D eigenvalue weighted by Gasteiger charge is -2.31. The third-order valence-electron chi connectivity index (χ3n) is 5.26. The van der Waals surface area contributed by atoms with Gasteiger partial charge in [0.25, 0.3) is 0 Å². The minimum atomic E-state index is -0.202. The molecule has 2 aliphatic rings. The Balaban J connectivity index is 1.61. The maximum Gasteiger partial charge on any atom is 0.346 e. The fourth-order valence-corrected chi connectivity index (χ4v) is 3.78. The van der Waals surface area contributed by atoms with Gasteiger partial charge in [-0.25, -0.2) is 9.48 Å². The van der Waals surface area contributed by atoms with Gasteiger partial charge >= 0.3 is 5.69 Å². The number of aromatic nitrogens is 4. The zero-order valence-electron chi connectivity index (χ0n) is 15.3. The van der Waals surface area contributed by atoms with Gasteiger partial charge in [0.05, 0.1) is 6.54 Å². The van der Waals surface area contributed by atoms with E-state index in [1.807, 2.05) is 6.20 Å². The Bertz CT molecular complexity index is 898. The Labute approximate surface area is 152 Å². The van der Waals surface area contributed by atoms with Crippen LogP contribution in [0.1, 0.15) is 29.9 Å². The lowest BCUT2D eigenvalue weighted by atomic mass is 9.94. The third-order valence-corrected chi connectivity index (χ3v) is 5.26. The van der Waals surface area contributed by atoms with Crippen LogP contribution in [0.15, 0.2) is 17.1 Å². The second kappa shape index (κ2) is 6.59. The van der Waals surface area contributed by atoms with Crippen molar-refractivity contribution in [3.8, 4) is 0 Å². The molecule has 26 heavy (non-hydrogen) atoms. The summed E-state index contributed by atoms with van der Waals surface area (Å²) in [5.74, 6) is 0.580. The summed E-state index contributed by atoms with van der Waals surface area (Å²) in [5.41, 5.74) is 3.56. The number of nitrogens with zero attached hydrogens (tertiary/aromatic N) is 6. The van der Waals surface area contributed by atoms with E-state index in [-0.39, 0.29) is 18.1 Å². The number of carbonyl (C=O) groups is 1. The molecule has 1 aliphatic carbocycles. The highest BCUT2D eigenvalue weighted by atomic mass is 16.2. The highest BCUT2D eigenvalue weighted by molar-refractivity contribution is 5.75. The van der Waals surface area contributed by atoms with Crippen LogP contribution in [0.2, 0.25) is 0 Å². The maximum atomic E-state index is 12.5. The van der Waals surface area contributed by atoms with Crippen LogP contribution >= 0.6 is 0 Å². The molecule has 0 spiro atoms. The first-order valence-corrected chi connectivity index (χ1v) is 9.13. The van der Waals surface area contributed by atoms with Crippen LogP contribution in [-0.4, -0.2) is 50.8 Å². The van der Waals surface area contributed by atoms with Crippen LogP contribution in [0.5, 0.6) is 0 Å². The Morgan fingerprint density at radius 1 is 1.23 bits per heavy atom. The monoisotopic (exact) mass is 356 g/mol. The molecule has 2 aromatic rings. The van der Waals surface area contributed by atoms with Crippen LogP contribution in [0, 0.1) is 0 Å². The standard InChI is InChI=1S/C18H24N6O2/c1-21(2)17(25)12-24-18(26)23-10-9-22(11-16(23)20-24)15-7-8-19-14-6-4-3-5-13(14)15/h7-8H,3-6,9-12H2,1-2H3. The number of carbonyl (C=O) groups excluding carboxylic acids is 1. The third kappa shape index (κ3) is 2.89. The molecule has 8 heteroatoms. The van der Waals surface area contributed by atoms with E-state index in [1.165, 1.54) is 39.4 Å². The van der Waals surface area contributed by atoms with E-state index in [4.69, 9.17) is 0 Å². The number of amides is 1. The molecular weight excluding hydrogens is 332 g/mol. The van der Waals surface area contributed by atoms with Crippen molar-refractivity contribution in [2.75, 3.05) is 25.5 Å². The molecule has 8 nitrogen and oxygen atoms in total. The molecule has 0 saturated carbocycles. The molecule has 0 aromatic carbocycles. The van der Waals surface area contributed by atoms with Crippen LogP contribution in [0.3, 0.4) is 0 Å². The number of aryl methyl sites for hydroxylation is 1. The van der Waals surface area contributed by atoms with Crippen LogP contribution < -0.4 is 10.6 Å². The summed E-state index contributed by atoms with van der Waals surface area (Å²) in [6.45, 7) is 1.91. The smallest absolute Gasteiger partial charge is 0.346 e. The predicted octanol–water partition coefficient (Wildman–Crippen LogP) is 0.427. The second-order valence-corrected chi connectivity index (χ2v) is 7.18. The van der Waals surface area contributed by atoms with E-state index in [9.17, 15) is 9.59 Å². The lowest BCUT2D eigenvalue weighted by molar-refractivity contribution is -0.129. The molecule has 0 N–H and O–H groups in total. The summed E-state index contributed by atoms with van der Waals surface area (Å²) in [5, 5.41) is 4.42. The fourth-order valence-electron chi connectivity index (χ4n) is 3.78. The van der Waals surface area contributed by atoms with Crippen molar-refractivity contribution in [1.29, 1.82) is 0 Å². The minimum absolute atomic E-state index is 0.0174. The van der Waals surface area contributed by atoms with E-state index in [0.717, 1.165) is 19.4 Å². The Hall–Kier alpha value is -2.64. The maximum absolute atomic E-state index is 12.5. The second-order valence-electron chi connectivity index (χ2n) is 7.18. The first kappa shape index (κ1) is 16.8. The van der Waals surface area contributed by atoms with Crippen LogP contribution in [0.25, 0.3) is 0 Å². The van der Waals surface area contributed by atoms with E-state index in [2.05, 4.69) is 21.0 Å². The Morgan fingerprint density at radius 3 is 2.85 bits per heavy atom. The normalized spacial score (nSPS) is 16.2. The summed E-state index contributed by atoms with van der Waals surface area (Å²) >= 11 is 0. The minimum Gasteiger partial charge on any atom is -0.362 e. The van der Waals surface area contributed by atoms with Crippen molar-refractivity contribution >= 4 is 11.6 Å². The van der Waals surface area contributed by atoms with Gasteiger partial charge in [-0.05, 0) is 37.3 Å².